The molecule has 3 N–H and O–H groups in total. The van der Waals surface area contributed by atoms with Gasteiger partial charge in [-0.25, -0.2) is 0 Å². The van der Waals surface area contributed by atoms with Crippen molar-refractivity contribution >= 4 is 29.1 Å². The number of nitrogens with one attached hydrogen (secondary N) is 2. The van der Waals surface area contributed by atoms with Crippen LogP contribution in [0.2, 0.25) is 0 Å². The maximum absolute atomic E-state index is 12.6. The summed E-state index contributed by atoms with van der Waals surface area (Å²) in [6.45, 7) is 0.0847. The molecule has 0 bridgehead atoms. The van der Waals surface area contributed by atoms with Gasteiger partial charge in [0.2, 0.25) is 5.91 Å². The average molecular weight is 372 g/mol. The summed E-state index contributed by atoms with van der Waals surface area (Å²) in [5.41, 5.74) is 0.0727. The SMILES string of the molecule is O=C(NC(Cc1ccccc1)C(=O)NCC1(C(=O)O)CC1)c1cccs1. The fraction of sp³-hybridized carbons (Fsp3) is 0.316. The Hall–Kier alpha value is -2.67. The Morgan fingerprint density at radius 2 is 1.85 bits per heavy atom. The first kappa shape index (κ1) is 18.1. The number of benzene rings is 1. The monoisotopic (exact) mass is 372 g/mol. The van der Waals surface area contributed by atoms with Crippen molar-refractivity contribution in [1.29, 1.82) is 0 Å². The van der Waals surface area contributed by atoms with Gasteiger partial charge >= 0.3 is 5.97 Å². The molecule has 1 aliphatic carbocycles. The highest BCUT2D eigenvalue weighted by Crippen LogP contribution is 2.45. The van der Waals surface area contributed by atoms with E-state index in [2.05, 4.69) is 10.6 Å². The quantitative estimate of drug-likeness (QED) is 0.661. The van der Waals surface area contributed by atoms with Gasteiger partial charge in [0.05, 0.1) is 10.3 Å². The number of aliphatic carboxylic acids is 1. The van der Waals surface area contributed by atoms with E-state index in [0.29, 0.717) is 24.1 Å². The van der Waals surface area contributed by atoms with E-state index in [-0.39, 0.29) is 18.4 Å². The first-order valence-electron chi connectivity index (χ1n) is 8.40. The molecule has 26 heavy (non-hydrogen) atoms. The molecule has 2 aromatic rings. The Labute approximate surface area is 155 Å². The van der Waals surface area contributed by atoms with Crippen LogP contribution in [-0.2, 0) is 16.0 Å². The molecular weight excluding hydrogens is 352 g/mol. The minimum Gasteiger partial charge on any atom is -0.481 e. The summed E-state index contributed by atoms with van der Waals surface area (Å²) in [5.74, 6) is -1.57. The molecule has 7 heteroatoms. The third-order valence-corrected chi connectivity index (χ3v) is 5.43. The second kappa shape index (κ2) is 7.70. The van der Waals surface area contributed by atoms with Crippen LogP contribution in [0.15, 0.2) is 47.8 Å². The molecule has 1 aliphatic rings. The zero-order valence-corrected chi connectivity index (χ0v) is 14.9. The predicted molar refractivity (Wildman–Crippen MR) is 98.0 cm³/mol. The van der Waals surface area contributed by atoms with Crippen molar-refractivity contribution in [2.24, 2.45) is 5.41 Å². The molecule has 0 aliphatic heterocycles. The van der Waals surface area contributed by atoms with Crippen LogP contribution < -0.4 is 10.6 Å². The van der Waals surface area contributed by atoms with Gasteiger partial charge in [-0.3, -0.25) is 14.4 Å². The van der Waals surface area contributed by atoms with E-state index in [1.807, 2.05) is 30.3 Å². The summed E-state index contributed by atoms with van der Waals surface area (Å²) in [6.07, 6.45) is 1.46. The van der Waals surface area contributed by atoms with Crippen molar-refractivity contribution in [1.82, 2.24) is 10.6 Å². The summed E-state index contributed by atoms with van der Waals surface area (Å²) >= 11 is 1.30. The van der Waals surface area contributed by atoms with Crippen LogP contribution in [0.25, 0.3) is 0 Å². The van der Waals surface area contributed by atoms with Crippen LogP contribution in [0.3, 0.4) is 0 Å². The molecule has 6 nitrogen and oxygen atoms in total. The van der Waals surface area contributed by atoms with E-state index in [9.17, 15) is 19.5 Å². The van der Waals surface area contributed by atoms with Crippen molar-refractivity contribution < 1.29 is 19.5 Å². The predicted octanol–water partition coefficient (Wildman–Crippen LogP) is 2.07. The Bertz CT molecular complexity index is 785. The van der Waals surface area contributed by atoms with Crippen molar-refractivity contribution in [3.63, 3.8) is 0 Å². The van der Waals surface area contributed by atoms with Crippen LogP contribution in [0.5, 0.6) is 0 Å². The molecule has 1 aromatic heterocycles. The molecule has 2 amide bonds. The van der Waals surface area contributed by atoms with E-state index >= 15 is 0 Å². The van der Waals surface area contributed by atoms with Gasteiger partial charge < -0.3 is 15.7 Å². The molecule has 0 spiro atoms. The van der Waals surface area contributed by atoms with E-state index in [4.69, 9.17) is 0 Å². The summed E-state index contributed by atoms with van der Waals surface area (Å²) in [6, 6.07) is 12.1. The van der Waals surface area contributed by atoms with Crippen molar-refractivity contribution in [3.05, 3.63) is 58.3 Å². The number of carboxylic acid groups (broad SMARTS) is 1. The van der Waals surface area contributed by atoms with Gasteiger partial charge in [-0.2, -0.15) is 0 Å². The second-order valence-corrected chi connectivity index (χ2v) is 7.44. The number of rotatable bonds is 8. The lowest BCUT2D eigenvalue weighted by Gasteiger charge is -2.20. The maximum atomic E-state index is 12.6. The number of amides is 2. The van der Waals surface area contributed by atoms with Gasteiger partial charge in [0.15, 0.2) is 0 Å². The van der Waals surface area contributed by atoms with Crippen LogP contribution in [0.1, 0.15) is 28.1 Å². The van der Waals surface area contributed by atoms with Gasteiger partial charge in [0, 0.05) is 13.0 Å². The fourth-order valence-electron chi connectivity index (χ4n) is 2.69. The molecule has 0 radical (unpaired) electrons. The molecule has 3 rings (SSSR count). The lowest BCUT2D eigenvalue weighted by molar-refractivity contribution is -0.143. The lowest BCUT2D eigenvalue weighted by atomic mass is 10.0. The van der Waals surface area contributed by atoms with Gasteiger partial charge in [-0.15, -0.1) is 11.3 Å². The number of carbonyl (C=O) groups is 3. The van der Waals surface area contributed by atoms with Crippen LogP contribution >= 0.6 is 11.3 Å². The molecule has 1 atom stereocenters. The van der Waals surface area contributed by atoms with Gasteiger partial charge in [-0.05, 0) is 29.9 Å². The summed E-state index contributed by atoms with van der Waals surface area (Å²) in [7, 11) is 0. The number of thiophene rings is 1. The average Bonchev–Trinajstić information content (AvgIpc) is 3.24. The molecule has 1 unspecified atom stereocenters. The first-order valence-corrected chi connectivity index (χ1v) is 9.27. The molecule has 1 heterocycles. The fourth-order valence-corrected chi connectivity index (χ4v) is 3.32. The van der Waals surface area contributed by atoms with Crippen molar-refractivity contribution in [2.75, 3.05) is 6.54 Å². The van der Waals surface area contributed by atoms with E-state index in [1.54, 1.807) is 17.5 Å². The Balaban J connectivity index is 1.68. The van der Waals surface area contributed by atoms with E-state index < -0.39 is 17.4 Å². The topological polar surface area (TPSA) is 95.5 Å². The number of carbonyl (C=O) groups excluding carboxylic acids is 2. The second-order valence-electron chi connectivity index (χ2n) is 6.50. The highest BCUT2D eigenvalue weighted by molar-refractivity contribution is 7.12. The molecule has 1 saturated carbocycles. The summed E-state index contributed by atoms with van der Waals surface area (Å²) in [5, 5.41) is 16.5. The van der Waals surface area contributed by atoms with Crippen LogP contribution in [0.4, 0.5) is 0 Å². The maximum Gasteiger partial charge on any atom is 0.311 e. The minimum atomic E-state index is -0.889. The Morgan fingerprint density at radius 1 is 1.12 bits per heavy atom. The highest BCUT2D eigenvalue weighted by atomic mass is 32.1. The van der Waals surface area contributed by atoms with Crippen LogP contribution in [0, 0.1) is 5.41 Å². The van der Waals surface area contributed by atoms with E-state index in [1.165, 1.54) is 11.3 Å². The van der Waals surface area contributed by atoms with Crippen LogP contribution in [-0.4, -0.2) is 35.5 Å². The van der Waals surface area contributed by atoms with Gasteiger partial charge in [0.25, 0.3) is 5.91 Å². The third kappa shape index (κ3) is 4.29. The molecule has 1 aromatic carbocycles. The molecule has 136 valence electrons. The first-order chi connectivity index (χ1) is 12.5. The normalized spacial score (nSPS) is 15.7. The molecule has 0 saturated heterocycles. The van der Waals surface area contributed by atoms with Gasteiger partial charge in [0.1, 0.15) is 6.04 Å². The number of hydrogen-bond donors (Lipinski definition) is 3. The number of carboxylic acids is 1. The molecule has 1 fully saturated rings. The smallest absolute Gasteiger partial charge is 0.311 e. The largest absolute Gasteiger partial charge is 0.481 e. The zero-order chi connectivity index (χ0) is 18.6. The highest BCUT2D eigenvalue weighted by Gasteiger charge is 2.50. The Morgan fingerprint density at radius 3 is 2.42 bits per heavy atom. The number of hydrogen-bond acceptors (Lipinski definition) is 4. The van der Waals surface area contributed by atoms with Gasteiger partial charge in [-0.1, -0.05) is 36.4 Å². The van der Waals surface area contributed by atoms with E-state index in [0.717, 1.165) is 5.56 Å². The summed E-state index contributed by atoms with van der Waals surface area (Å²) < 4.78 is 0. The Kier molecular flexibility index (Phi) is 5.37. The zero-order valence-electron chi connectivity index (χ0n) is 14.1. The standard InChI is InChI=1S/C19H20N2O4S/c22-16(20-12-19(8-9-19)18(24)25)14(11-13-5-2-1-3-6-13)21-17(23)15-7-4-10-26-15/h1-7,10,14H,8-9,11-12H2,(H,20,22)(H,21,23)(H,24,25). The lowest BCUT2D eigenvalue weighted by Crippen LogP contribution is -2.49. The minimum absolute atomic E-state index is 0.0847. The van der Waals surface area contributed by atoms with Crippen molar-refractivity contribution in [2.45, 2.75) is 25.3 Å². The van der Waals surface area contributed by atoms with Crippen molar-refractivity contribution in [3.8, 4) is 0 Å². The summed E-state index contributed by atoms with van der Waals surface area (Å²) in [4.78, 5) is 36.8. The third-order valence-electron chi connectivity index (χ3n) is 4.56. The molecular formula is C19H20N2O4S.